The Bertz CT molecular complexity index is 315. The highest BCUT2D eigenvalue weighted by Crippen LogP contribution is 2.11. The normalized spacial score (nSPS) is 9.86. The van der Waals surface area contributed by atoms with Crippen molar-refractivity contribution in [1.82, 2.24) is 5.32 Å². The first kappa shape index (κ1) is 11.5. The van der Waals surface area contributed by atoms with Crippen molar-refractivity contribution in [3.8, 4) is 0 Å². The molecule has 0 unspecified atom stereocenters. The third-order valence-electron chi connectivity index (χ3n) is 1.64. The lowest BCUT2D eigenvalue weighted by molar-refractivity contribution is -0.115. The predicted octanol–water partition coefficient (Wildman–Crippen LogP) is 1.84. The second-order valence-electron chi connectivity index (χ2n) is 2.84. The van der Waals surface area contributed by atoms with Gasteiger partial charge in [0.2, 0.25) is 5.91 Å². The first-order valence-corrected chi connectivity index (χ1v) is 5.56. The van der Waals surface area contributed by atoms with Gasteiger partial charge in [-0.3, -0.25) is 4.79 Å². The summed E-state index contributed by atoms with van der Waals surface area (Å²) in [6.45, 7) is 3.14. The molecule has 0 saturated heterocycles. The third-order valence-corrected chi connectivity index (χ3v) is 2.31. The Kier molecular flexibility index (Phi) is 4.89. The maximum atomic E-state index is 11.3. The van der Waals surface area contributed by atoms with Gasteiger partial charge in [0, 0.05) is 9.26 Å². The average Bonchev–Trinajstić information content (AvgIpc) is 2.15. The van der Waals surface area contributed by atoms with Crippen LogP contribution in [0.3, 0.4) is 0 Å². The molecule has 0 saturated carbocycles. The van der Waals surface area contributed by atoms with E-state index >= 15 is 0 Å². The van der Waals surface area contributed by atoms with Crippen LogP contribution >= 0.6 is 22.6 Å². The van der Waals surface area contributed by atoms with Crippen molar-refractivity contribution >= 4 is 34.2 Å². The summed E-state index contributed by atoms with van der Waals surface area (Å²) in [7, 11) is 0. The molecule has 1 aromatic carbocycles. The van der Waals surface area contributed by atoms with E-state index < -0.39 is 0 Å². The van der Waals surface area contributed by atoms with Gasteiger partial charge in [0.1, 0.15) is 0 Å². The number of amides is 1. The summed E-state index contributed by atoms with van der Waals surface area (Å²) in [6, 6.07) is 7.72. The monoisotopic (exact) mass is 304 g/mol. The molecule has 0 heterocycles. The Morgan fingerprint density at radius 3 is 2.93 bits per heavy atom. The molecule has 0 atom stereocenters. The Morgan fingerprint density at radius 2 is 2.29 bits per heavy atom. The molecule has 0 aliphatic carbocycles. The summed E-state index contributed by atoms with van der Waals surface area (Å²) in [6.07, 6.45) is 0. The summed E-state index contributed by atoms with van der Waals surface area (Å²) < 4.78 is 1.11. The number of carbonyl (C=O) groups excluding carboxylic acids is 1. The molecular weight excluding hydrogens is 291 g/mol. The molecule has 0 bridgehead atoms. The van der Waals surface area contributed by atoms with Gasteiger partial charge in [-0.05, 0) is 47.3 Å². The molecule has 1 amide bonds. The average molecular weight is 304 g/mol. The van der Waals surface area contributed by atoms with E-state index in [2.05, 4.69) is 33.2 Å². The van der Waals surface area contributed by atoms with E-state index in [0.717, 1.165) is 15.8 Å². The van der Waals surface area contributed by atoms with Gasteiger partial charge >= 0.3 is 0 Å². The summed E-state index contributed by atoms with van der Waals surface area (Å²) in [4.78, 5) is 11.3. The number of likely N-dealkylation sites (N-methyl/N-ethyl adjacent to an activating group) is 1. The predicted molar refractivity (Wildman–Crippen MR) is 66.3 cm³/mol. The van der Waals surface area contributed by atoms with E-state index in [1.165, 1.54) is 0 Å². The summed E-state index contributed by atoms with van der Waals surface area (Å²) in [5.41, 5.74) is 0.847. The van der Waals surface area contributed by atoms with Gasteiger partial charge < -0.3 is 10.6 Å². The molecular formula is C10H13IN2O. The number of hydrogen-bond donors (Lipinski definition) is 2. The van der Waals surface area contributed by atoms with Gasteiger partial charge in [-0.15, -0.1) is 0 Å². The van der Waals surface area contributed by atoms with Crippen LogP contribution in [0.4, 0.5) is 5.69 Å². The molecule has 14 heavy (non-hydrogen) atoms. The number of rotatable bonds is 4. The minimum atomic E-state index is -0.00569. The van der Waals surface area contributed by atoms with Gasteiger partial charge in [-0.2, -0.15) is 0 Å². The lowest BCUT2D eigenvalue weighted by Gasteiger charge is -2.05. The van der Waals surface area contributed by atoms with Crippen LogP contribution < -0.4 is 10.6 Å². The maximum absolute atomic E-state index is 11.3. The fourth-order valence-corrected chi connectivity index (χ4v) is 1.55. The molecule has 0 radical (unpaired) electrons. The highest BCUT2D eigenvalue weighted by molar-refractivity contribution is 14.1. The van der Waals surface area contributed by atoms with Crippen molar-refractivity contribution in [1.29, 1.82) is 0 Å². The quantitative estimate of drug-likeness (QED) is 0.834. The van der Waals surface area contributed by atoms with Crippen LogP contribution in [0.15, 0.2) is 24.3 Å². The van der Waals surface area contributed by atoms with Gasteiger partial charge in [-0.1, -0.05) is 13.0 Å². The summed E-state index contributed by atoms with van der Waals surface area (Å²) in [5.74, 6) is -0.00569. The van der Waals surface area contributed by atoms with Gasteiger partial charge in [0.05, 0.1) is 6.54 Å². The van der Waals surface area contributed by atoms with Gasteiger partial charge in [-0.25, -0.2) is 0 Å². The van der Waals surface area contributed by atoms with Crippen LogP contribution in [-0.4, -0.2) is 19.0 Å². The van der Waals surface area contributed by atoms with Crippen molar-refractivity contribution < 1.29 is 4.79 Å². The molecule has 0 fully saturated rings. The zero-order valence-electron chi connectivity index (χ0n) is 8.01. The Hall–Kier alpha value is -0.620. The van der Waals surface area contributed by atoms with Crippen LogP contribution in [0.25, 0.3) is 0 Å². The van der Waals surface area contributed by atoms with Crippen LogP contribution in [0.5, 0.6) is 0 Å². The SMILES string of the molecule is CCNCC(=O)Nc1cccc(I)c1. The minimum absolute atomic E-state index is 0.00569. The lowest BCUT2D eigenvalue weighted by Crippen LogP contribution is -2.27. The highest BCUT2D eigenvalue weighted by atomic mass is 127. The van der Waals surface area contributed by atoms with Crippen LogP contribution in [0.1, 0.15) is 6.92 Å². The van der Waals surface area contributed by atoms with E-state index in [-0.39, 0.29) is 5.91 Å². The lowest BCUT2D eigenvalue weighted by atomic mass is 10.3. The standard InChI is InChI=1S/C10H13IN2O/c1-2-12-7-10(14)13-9-5-3-4-8(11)6-9/h3-6,12H,2,7H2,1H3,(H,13,14). The minimum Gasteiger partial charge on any atom is -0.325 e. The largest absolute Gasteiger partial charge is 0.325 e. The van der Waals surface area contributed by atoms with Crippen molar-refractivity contribution in [2.24, 2.45) is 0 Å². The second kappa shape index (κ2) is 5.98. The Balaban J connectivity index is 2.47. The van der Waals surface area contributed by atoms with Gasteiger partial charge in [0.25, 0.3) is 0 Å². The van der Waals surface area contributed by atoms with Crippen LogP contribution in [0.2, 0.25) is 0 Å². The summed E-state index contributed by atoms with van der Waals surface area (Å²) >= 11 is 2.21. The molecule has 0 spiro atoms. The van der Waals surface area contributed by atoms with Crippen molar-refractivity contribution in [2.75, 3.05) is 18.4 Å². The topological polar surface area (TPSA) is 41.1 Å². The third kappa shape index (κ3) is 4.06. The smallest absolute Gasteiger partial charge is 0.238 e. The molecule has 1 rings (SSSR count). The first-order chi connectivity index (χ1) is 6.72. The molecule has 1 aromatic rings. The fourth-order valence-electron chi connectivity index (χ4n) is 1.01. The highest BCUT2D eigenvalue weighted by Gasteiger charge is 2.00. The molecule has 0 aromatic heterocycles. The zero-order valence-corrected chi connectivity index (χ0v) is 10.2. The Morgan fingerprint density at radius 1 is 1.50 bits per heavy atom. The fraction of sp³-hybridized carbons (Fsp3) is 0.300. The van der Waals surface area contributed by atoms with Crippen molar-refractivity contribution in [2.45, 2.75) is 6.92 Å². The van der Waals surface area contributed by atoms with E-state index in [1.54, 1.807) is 0 Å². The first-order valence-electron chi connectivity index (χ1n) is 4.48. The molecule has 4 heteroatoms. The van der Waals surface area contributed by atoms with E-state index in [4.69, 9.17) is 0 Å². The maximum Gasteiger partial charge on any atom is 0.238 e. The van der Waals surface area contributed by atoms with Crippen molar-refractivity contribution in [3.05, 3.63) is 27.8 Å². The molecule has 0 aliphatic rings. The number of hydrogen-bond acceptors (Lipinski definition) is 2. The molecule has 0 aliphatic heterocycles. The van der Waals surface area contributed by atoms with Crippen LogP contribution in [-0.2, 0) is 4.79 Å². The molecule has 3 nitrogen and oxygen atoms in total. The van der Waals surface area contributed by atoms with E-state index in [9.17, 15) is 4.79 Å². The summed E-state index contributed by atoms with van der Waals surface area (Å²) in [5, 5.41) is 5.78. The number of halogens is 1. The zero-order chi connectivity index (χ0) is 10.4. The van der Waals surface area contributed by atoms with E-state index in [0.29, 0.717) is 6.54 Å². The van der Waals surface area contributed by atoms with E-state index in [1.807, 2.05) is 31.2 Å². The van der Waals surface area contributed by atoms with Gasteiger partial charge in [0.15, 0.2) is 0 Å². The number of nitrogens with one attached hydrogen (secondary N) is 2. The Labute approximate surface area is 97.4 Å². The second-order valence-corrected chi connectivity index (χ2v) is 4.08. The van der Waals surface area contributed by atoms with Crippen LogP contribution in [0, 0.1) is 3.57 Å². The molecule has 76 valence electrons. The number of carbonyl (C=O) groups is 1. The number of anilines is 1. The molecule has 2 N–H and O–H groups in total. The van der Waals surface area contributed by atoms with Crippen molar-refractivity contribution in [3.63, 3.8) is 0 Å². The number of benzene rings is 1.